The van der Waals surface area contributed by atoms with Crippen LogP contribution in [0.15, 0.2) is 24.3 Å². The van der Waals surface area contributed by atoms with Crippen molar-refractivity contribution in [2.24, 2.45) is 0 Å². The third-order valence-corrected chi connectivity index (χ3v) is 4.69. The van der Waals surface area contributed by atoms with Gasteiger partial charge in [-0.15, -0.1) is 0 Å². The predicted octanol–water partition coefficient (Wildman–Crippen LogP) is 2.97. The molecule has 0 bridgehead atoms. The van der Waals surface area contributed by atoms with Gasteiger partial charge in [0.2, 0.25) is 0 Å². The minimum atomic E-state index is 0.751. The highest BCUT2D eigenvalue weighted by Crippen LogP contribution is 2.33. The van der Waals surface area contributed by atoms with Crippen molar-refractivity contribution in [1.82, 2.24) is 5.32 Å². The van der Waals surface area contributed by atoms with Gasteiger partial charge in [0.15, 0.2) is 0 Å². The van der Waals surface area contributed by atoms with Crippen LogP contribution in [-0.2, 0) is 6.42 Å². The van der Waals surface area contributed by atoms with Crippen molar-refractivity contribution >= 4 is 5.69 Å². The van der Waals surface area contributed by atoms with E-state index in [1.165, 1.54) is 50.8 Å². The molecule has 1 aromatic rings. The predicted molar refractivity (Wildman–Crippen MR) is 77.2 cm³/mol. The van der Waals surface area contributed by atoms with Crippen LogP contribution in [0.1, 0.15) is 37.7 Å². The number of para-hydroxylation sites is 1. The quantitative estimate of drug-likeness (QED) is 0.860. The molecule has 3 rings (SSSR count). The molecule has 0 spiro atoms. The summed E-state index contributed by atoms with van der Waals surface area (Å²) in [6.07, 6.45) is 7.95. The molecule has 0 aromatic heterocycles. The average molecular weight is 244 g/mol. The van der Waals surface area contributed by atoms with Gasteiger partial charge in [-0.2, -0.15) is 0 Å². The van der Waals surface area contributed by atoms with Crippen LogP contribution in [0.3, 0.4) is 0 Å². The molecule has 1 fully saturated rings. The van der Waals surface area contributed by atoms with Crippen LogP contribution in [0.2, 0.25) is 0 Å². The highest BCUT2D eigenvalue weighted by atomic mass is 15.2. The Bertz CT molecular complexity index is 394. The maximum atomic E-state index is 3.43. The van der Waals surface area contributed by atoms with Crippen LogP contribution in [0.5, 0.6) is 0 Å². The third kappa shape index (κ3) is 2.26. The molecule has 18 heavy (non-hydrogen) atoms. The number of aryl methyl sites for hydroxylation is 1. The zero-order chi connectivity index (χ0) is 12.4. The number of hydrogen-bond donors (Lipinski definition) is 1. The van der Waals surface area contributed by atoms with Gasteiger partial charge < -0.3 is 10.2 Å². The lowest BCUT2D eigenvalue weighted by atomic mass is 9.88. The first-order valence-corrected chi connectivity index (χ1v) is 7.40. The van der Waals surface area contributed by atoms with Crippen LogP contribution in [0.4, 0.5) is 5.69 Å². The molecule has 0 unspecified atom stereocenters. The van der Waals surface area contributed by atoms with Crippen LogP contribution < -0.4 is 10.2 Å². The topological polar surface area (TPSA) is 15.3 Å². The van der Waals surface area contributed by atoms with E-state index in [4.69, 9.17) is 0 Å². The first kappa shape index (κ1) is 12.0. The van der Waals surface area contributed by atoms with Crippen molar-refractivity contribution < 1.29 is 0 Å². The van der Waals surface area contributed by atoms with Crippen molar-refractivity contribution in [3.05, 3.63) is 29.8 Å². The number of hydrogen-bond acceptors (Lipinski definition) is 2. The summed E-state index contributed by atoms with van der Waals surface area (Å²) in [7, 11) is 2.10. The van der Waals surface area contributed by atoms with Crippen LogP contribution in [0, 0.1) is 0 Å². The molecule has 2 aliphatic rings. The van der Waals surface area contributed by atoms with Crippen LogP contribution >= 0.6 is 0 Å². The van der Waals surface area contributed by atoms with E-state index in [2.05, 4.69) is 41.5 Å². The second-order valence-electron chi connectivity index (χ2n) is 5.72. The van der Waals surface area contributed by atoms with E-state index in [0.717, 1.165) is 12.1 Å². The van der Waals surface area contributed by atoms with Crippen LogP contribution in [-0.4, -0.2) is 25.7 Å². The summed E-state index contributed by atoms with van der Waals surface area (Å²) in [6.45, 7) is 1.26. The number of nitrogens with one attached hydrogen (secondary N) is 1. The smallest absolute Gasteiger partial charge is 0.0401 e. The summed E-state index contributed by atoms with van der Waals surface area (Å²) in [5.41, 5.74) is 3.07. The van der Waals surface area contributed by atoms with E-state index < -0.39 is 0 Å². The van der Waals surface area contributed by atoms with E-state index >= 15 is 0 Å². The molecule has 1 aliphatic carbocycles. The summed E-state index contributed by atoms with van der Waals surface area (Å²) in [5.74, 6) is 0. The zero-order valence-corrected chi connectivity index (χ0v) is 11.4. The first-order valence-electron chi connectivity index (χ1n) is 7.40. The van der Waals surface area contributed by atoms with Crippen LogP contribution in [0.25, 0.3) is 0 Å². The Kier molecular flexibility index (Phi) is 3.55. The molecule has 2 heteroatoms. The average Bonchev–Trinajstić information content (AvgIpc) is 2.47. The lowest BCUT2D eigenvalue weighted by Gasteiger charge is -2.41. The fraction of sp³-hybridized carbons (Fsp3) is 0.625. The van der Waals surface area contributed by atoms with Gasteiger partial charge in [-0.1, -0.05) is 18.2 Å². The Hall–Kier alpha value is -1.02. The van der Waals surface area contributed by atoms with E-state index in [1.807, 2.05) is 0 Å². The van der Waals surface area contributed by atoms with E-state index in [0.29, 0.717) is 0 Å². The highest BCUT2D eigenvalue weighted by Gasteiger charge is 2.27. The normalized spacial score (nSPS) is 27.9. The fourth-order valence-corrected chi connectivity index (χ4v) is 3.62. The monoisotopic (exact) mass is 244 g/mol. The molecule has 0 amide bonds. The van der Waals surface area contributed by atoms with Gasteiger partial charge in [0.25, 0.3) is 0 Å². The Morgan fingerprint density at radius 1 is 1.11 bits per heavy atom. The number of benzene rings is 1. The maximum absolute atomic E-state index is 3.43. The van der Waals surface area contributed by atoms with E-state index in [-0.39, 0.29) is 0 Å². The Morgan fingerprint density at radius 2 is 1.89 bits per heavy atom. The molecule has 98 valence electrons. The number of nitrogens with zero attached hydrogens (tertiary/aromatic N) is 1. The van der Waals surface area contributed by atoms with Crippen molar-refractivity contribution in [3.63, 3.8) is 0 Å². The molecule has 0 saturated heterocycles. The summed E-state index contributed by atoms with van der Waals surface area (Å²) < 4.78 is 0. The lowest BCUT2D eigenvalue weighted by Crippen LogP contribution is -2.43. The summed E-state index contributed by atoms with van der Waals surface area (Å²) in [4.78, 5) is 2.69. The van der Waals surface area contributed by atoms with E-state index in [1.54, 1.807) is 5.56 Å². The Labute approximate surface area is 110 Å². The minimum Gasteiger partial charge on any atom is -0.368 e. The van der Waals surface area contributed by atoms with Gasteiger partial charge in [-0.3, -0.25) is 0 Å². The number of fused-ring (bicyclic) bond motifs is 1. The molecular weight excluding hydrogens is 220 g/mol. The Balaban J connectivity index is 1.74. The van der Waals surface area contributed by atoms with Crippen molar-refractivity contribution in [2.75, 3.05) is 18.5 Å². The maximum Gasteiger partial charge on any atom is 0.0401 e. The molecule has 1 aromatic carbocycles. The molecule has 1 heterocycles. The first-order chi connectivity index (χ1) is 8.88. The third-order valence-electron chi connectivity index (χ3n) is 4.69. The number of rotatable bonds is 2. The van der Waals surface area contributed by atoms with Gasteiger partial charge in [0, 0.05) is 24.3 Å². The molecule has 1 aliphatic heterocycles. The summed E-state index contributed by atoms with van der Waals surface area (Å²) in [6, 6.07) is 10.5. The van der Waals surface area contributed by atoms with Gasteiger partial charge in [-0.05, 0) is 57.2 Å². The number of anilines is 1. The standard InChI is InChI=1S/C16H24N2/c1-17-14-8-10-15(11-9-14)18-12-4-6-13-5-2-3-7-16(13)18/h2-3,5,7,14-15,17H,4,6,8-12H2,1H3. The second-order valence-corrected chi connectivity index (χ2v) is 5.72. The molecule has 2 nitrogen and oxygen atoms in total. The van der Waals surface area contributed by atoms with Crippen molar-refractivity contribution in [3.8, 4) is 0 Å². The second kappa shape index (κ2) is 5.31. The SMILES string of the molecule is CNC1CCC(N2CCCc3ccccc32)CC1. The molecule has 0 radical (unpaired) electrons. The summed E-state index contributed by atoms with van der Waals surface area (Å²) in [5, 5.41) is 3.43. The lowest BCUT2D eigenvalue weighted by molar-refractivity contribution is 0.341. The van der Waals surface area contributed by atoms with Gasteiger partial charge in [0.1, 0.15) is 0 Å². The molecular formula is C16H24N2. The van der Waals surface area contributed by atoms with Gasteiger partial charge >= 0.3 is 0 Å². The van der Waals surface area contributed by atoms with E-state index in [9.17, 15) is 0 Å². The molecule has 1 N–H and O–H groups in total. The van der Waals surface area contributed by atoms with Crippen molar-refractivity contribution in [1.29, 1.82) is 0 Å². The highest BCUT2D eigenvalue weighted by molar-refractivity contribution is 5.56. The van der Waals surface area contributed by atoms with Gasteiger partial charge in [0.05, 0.1) is 0 Å². The summed E-state index contributed by atoms with van der Waals surface area (Å²) >= 11 is 0. The largest absolute Gasteiger partial charge is 0.368 e. The molecule has 0 atom stereocenters. The minimum absolute atomic E-state index is 0.751. The zero-order valence-electron chi connectivity index (χ0n) is 11.4. The Morgan fingerprint density at radius 3 is 2.67 bits per heavy atom. The van der Waals surface area contributed by atoms with Gasteiger partial charge in [-0.25, -0.2) is 0 Å². The fourth-order valence-electron chi connectivity index (χ4n) is 3.62. The molecule has 1 saturated carbocycles. The van der Waals surface area contributed by atoms with Crippen molar-refractivity contribution in [2.45, 2.75) is 50.6 Å².